The molecule has 27 heavy (non-hydrogen) atoms. The maximum Gasteiger partial charge on any atom is 0.418 e. The van der Waals surface area contributed by atoms with Crippen LogP contribution in [0.25, 0.3) is 0 Å². The Morgan fingerprint density at radius 2 is 1.85 bits per heavy atom. The quantitative estimate of drug-likeness (QED) is 0.778. The molecule has 2 amide bonds. The van der Waals surface area contributed by atoms with Crippen LogP contribution in [-0.4, -0.2) is 34.8 Å². The molecule has 0 spiro atoms. The molecule has 0 aliphatic heterocycles. The van der Waals surface area contributed by atoms with Gasteiger partial charge in [-0.05, 0) is 49.2 Å². The van der Waals surface area contributed by atoms with Crippen molar-refractivity contribution in [1.82, 2.24) is 9.88 Å². The largest absolute Gasteiger partial charge is 0.418 e. The number of rotatable bonds is 5. The molecule has 9 heteroatoms. The molecule has 144 valence electrons. The number of anilines is 1. The van der Waals surface area contributed by atoms with E-state index in [4.69, 9.17) is 11.6 Å². The molecule has 0 saturated heterocycles. The number of benzene rings is 1. The second kappa shape index (κ2) is 8.85. The van der Waals surface area contributed by atoms with Crippen molar-refractivity contribution in [2.45, 2.75) is 19.5 Å². The molecule has 0 bridgehead atoms. The first-order valence-corrected chi connectivity index (χ1v) is 8.46. The second-order valence-corrected chi connectivity index (χ2v) is 6.07. The van der Waals surface area contributed by atoms with Gasteiger partial charge in [0.2, 0.25) is 0 Å². The van der Waals surface area contributed by atoms with E-state index in [2.05, 4.69) is 4.98 Å². The Bertz CT molecular complexity index is 813. The average molecular weight is 400 g/mol. The van der Waals surface area contributed by atoms with Gasteiger partial charge in [-0.2, -0.15) is 13.2 Å². The zero-order valence-corrected chi connectivity index (χ0v) is 15.1. The zero-order valence-electron chi connectivity index (χ0n) is 14.4. The lowest BCUT2D eigenvalue weighted by atomic mass is 10.1. The van der Waals surface area contributed by atoms with Crippen molar-refractivity contribution in [1.29, 1.82) is 0 Å². The van der Waals surface area contributed by atoms with Crippen molar-refractivity contribution >= 4 is 29.1 Å². The normalized spacial score (nSPS) is 11.1. The van der Waals surface area contributed by atoms with Crippen LogP contribution in [0.4, 0.5) is 18.9 Å². The Hall–Kier alpha value is -2.61. The van der Waals surface area contributed by atoms with Gasteiger partial charge in [-0.25, -0.2) is 0 Å². The first-order valence-electron chi connectivity index (χ1n) is 8.08. The topological polar surface area (TPSA) is 62.3 Å². The van der Waals surface area contributed by atoms with E-state index in [9.17, 15) is 22.8 Å². The van der Waals surface area contributed by atoms with Crippen LogP contribution in [0.15, 0.2) is 42.7 Å². The Kier molecular flexibility index (Phi) is 6.79. The summed E-state index contributed by atoms with van der Waals surface area (Å²) in [4.78, 5) is 29.7. The zero-order chi connectivity index (χ0) is 20.0. The van der Waals surface area contributed by atoms with Gasteiger partial charge in [-0.1, -0.05) is 11.6 Å². The van der Waals surface area contributed by atoms with Crippen molar-refractivity contribution in [2.24, 2.45) is 0 Å². The third-order valence-electron chi connectivity index (χ3n) is 3.82. The summed E-state index contributed by atoms with van der Waals surface area (Å²) < 4.78 is 39.3. The minimum atomic E-state index is -4.72. The van der Waals surface area contributed by atoms with Crippen molar-refractivity contribution in [3.05, 3.63) is 58.9 Å². The van der Waals surface area contributed by atoms with Crippen LogP contribution in [0.1, 0.15) is 18.1 Å². The van der Waals surface area contributed by atoms with Gasteiger partial charge in [0, 0.05) is 30.5 Å². The summed E-state index contributed by atoms with van der Waals surface area (Å²) in [5.74, 6) is -2.05. The third-order valence-corrected chi connectivity index (χ3v) is 4.05. The van der Waals surface area contributed by atoms with E-state index in [-0.39, 0.29) is 18.1 Å². The molecule has 0 radical (unpaired) electrons. The van der Waals surface area contributed by atoms with Gasteiger partial charge in [0.05, 0.1) is 11.3 Å². The van der Waals surface area contributed by atoms with E-state index >= 15 is 0 Å². The Morgan fingerprint density at radius 1 is 1.19 bits per heavy atom. The van der Waals surface area contributed by atoms with Gasteiger partial charge in [0.25, 0.3) is 0 Å². The number of nitrogens with one attached hydrogen (secondary N) is 1. The number of halogens is 4. The fourth-order valence-electron chi connectivity index (χ4n) is 2.40. The van der Waals surface area contributed by atoms with Crippen molar-refractivity contribution in [3.63, 3.8) is 0 Å². The van der Waals surface area contributed by atoms with Crippen LogP contribution in [0.2, 0.25) is 5.02 Å². The van der Waals surface area contributed by atoms with Crippen LogP contribution in [0.3, 0.4) is 0 Å². The van der Waals surface area contributed by atoms with Crippen LogP contribution < -0.4 is 5.32 Å². The summed E-state index contributed by atoms with van der Waals surface area (Å²) >= 11 is 5.60. The predicted molar refractivity (Wildman–Crippen MR) is 95.3 cm³/mol. The molecule has 2 rings (SSSR count). The first-order chi connectivity index (χ1) is 12.7. The molecule has 0 fully saturated rings. The summed E-state index contributed by atoms with van der Waals surface area (Å²) in [5.41, 5.74) is -0.708. The standard InChI is InChI=1S/C18H17ClF3N3O2/c1-2-25(10-7-12-5-8-23-9-6-12)17(27)16(26)24-15-4-3-13(19)11-14(15)18(20,21)22/h3-6,8-9,11H,2,7,10H2,1H3,(H,24,26). The van der Waals surface area contributed by atoms with Gasteiger partial charge in [-0.15, -0.1) is 0 Å². The van der Waals surface area contributed by atoms with Crippen LogP contribution in [-0.2, 0) is 22.2 Å². The molecule has 2 aromatic rings. The van der Waals surface area contributed by atoms with Gasteiger partial charge in [-0.3, -0.25) is 14.6 Å². The molecule has 1 aromatic heterocycles. The highest BCUT2D eigenvalue weighted by Gasteiger charge is 2.35. The highest BCUT2D eigenvalue weighted by Crippen LogP contribution is 2.36. The number of alkyl halides is 3. The van der Waals surface area contributed by atoms with Gasteiger partial charge in [0.15, 0.2) is 0 Å². The molecular weight excluding hydrogens is 383 g/mol. The van der Waals surface area contributed by atoms with E-state index < -0.39 is 29.2 Å². The second-order valence-electron chi connectivity index (χ2n) is 5.63. The lowest BCUT2D eigenvalue weighted by Crippen LogP contribution is -2.41. The number of carbonyl (C=O) groups is 2. The smallest absolute Gasteiger partial charge is 0.334 e. The molecule has 0 unspecified atom stereocenters. The van der Waals surface area contributed by atoms with E-state index in [1.807, 2.05) is 5.32 Å². The molecule has 5 nitrogen and oxygen atoms in total. The van der Waals surface area contributed by atoms with Crippen LogP contribution in [0.5, 0.6) is 0 Å². The molecule has 1 aromatic carbocycles. The predicted octanol–water partition coefficient (Wildman–Crippen LogP) is 3.78. The maximum absolute atomic E-state index is 13.1. The van der Waals surface area contributed by atoms with E-state index in [1.54, 1.807) is 31.5 Å². The molecule has 1 heterocycles. The Balaban J connectivity index is 2.09. The van der Waals surface area contributed by atoms with Crippen LogP contribution >= 0.6 is 11.6 Å². The highest BCUT2D eigenvalue weighted by molar-refractivity contribution is 6.39. The average Bonchev–Trinajstić information content (AvgIpc) is 2.63. The van der Waals surface area contributed by atoms with Gasteiger partial charge in [0.1, 0.15) is 0 Å². The Morgan fingerprint density at radius 3 is 2.44 bits per heavy atom. The minimum Gasteiger partial charge on any atom is -0.334 e. The maximum atomic E-state index is 13.1. The van der Waals surface area contributed by atoms with E-state index in [1.165, 1.54) is 11.0 Å². The SMILES string of the molecule is CCN(CCc1ccncc1)C(=O)C(=O)Nc1ccc(Cl)cc1C(F)(F)F. The van der Waals surface area contributed by atoms with Crippen molar-refractivity contribution < 1.29 is 22.8 Å². The van der Waals surface area contributed by atoms with Crippen molar-refractivity contribution in [2.75, 3.05) is 18.4 Å². The molecule has 0 aliphatic rings. The molecule has 0 saturated carbocycles. The van der Waals surface area contributed by atoms with E-state index in [0.29, 0.717) is 12.5 Å². The lowest BCUT2D eigenvalue weighted by molar-refractivity contribution is -0.143. The number of pyridine rings is 1. The summed E-state index contributed by atoms with van der Waals surface area (Å²) in [6.07, 6.45) is -1.01. The highest BCUT2D eigenvalue weighted by atomic mass is 35.5. The number of carbonyl (C=O) groups excluding carboxylic acids is 2. The minimum absolute atomic E-state index is 0.126. The number of hydrogen-bond donors (Lipinski definition) is 1. The number of aromatic nitrogens is 1. The summed E-state index contributed by atoms with van der Waals surface area (Å²) in [5, 5.41) is 1.91. The van der Waals surface area contributed by atoms with Gasteiger partial charge >= 0.3 is 18.0 Å². The summed E-state index contributed by atoms with van der Waals surface area (Å²) in [6.45, 7) is 2.17. The summed E-state index contributed by atoms with van der Waals surface area (Å²) in [7, 11) is 0. The molecular formula is C18H17ClF3N3O2. The first kappa shape index (κ1) is 20.7. The lowest BCUT2D eigenvalue weighted by Gasteiger charge is -2.21. The van der Waals surface area contributed by atoms with Gasteiger partial charge < -0.3 is 10.2 Å². The molecule has 0 aliphatic carbocycles. The van der Waals surface area contributed by atoms with E-state index in [0.717, 1.165) is 11.6 Å². The number of nitrogens with zero attached hydrogens (tertiary/aromatic N) is 2. The van der Waals surface area contributed by atoms with Crippen LogP contribution in [0, 0.1) is 0 Å². The third kappa shape index (κ3) is 5.68. The number of likely N-dealkylation sites (N-methyl/N-ethyl adjacent to an activating group) is 1. The monoisotopic (exact) mass is 399 g/mol. The Labute approximate surface area is 159 Å². The summed E-state index contributed by atoms with van der Waals surface area (Å²) in [6, 6.07) is 6.48. The van der Waals surface area contributed by atoms with Crippen molar-refractivity contribution in [3.8, 4) is 0 Å². The molecule has 0 atom stereocenters. The fourth-order valence-corrected chi connectivity index (χ4v) is 2.57. The fraction of sp³-hybridized carbons (Fsp3) is 0.278. The number of amides is 2. The molecule has 1 N–H and O–H groups in total. The number of hydrogen-bond acceptors (Lipinski definition) is 3.